The number of ether oxygens (including phenoxy) is 2. The lowest BCUT2D eigenvalue weighted by Crippen LogP contribution is -2.37. The smallest absolute Gasteiger partial charge is 0.252 e. The Labute approximate surface area is 196 Å². The second-order valence-corrected chi connectivity index (χ2v) is 11.4. The third-order valence-corrected chi connectivity index (χ3v) is 9.11. The van der Waals surface area contributed by atoms with E-state index in [2.05, 4.69) is 4.99 Å². The standard InChI is InChI=1S/C22H23ClN2O5S2/c1-29-18-8-7-14(9-19(18)30-2)10-21(26)24-22-25(11-15-5-3-4-6-16(15)23)17-12-32(27,28)13-20(17)31-22/h3-9,17,20H,10-13H2,1-2H3/t17-,20-/m0/s1. The molecule has 2 heterocycles. The summed E-state index contributed by atoms with van der Waals surface area (Å²) >= 11 is 7.69. The molecule has 0 aliphatic carbocycles. The maximum Gasteiger partial charge on any atom is 0.252 e. The van der Waals surface area contributed by atoms with Crippen molar-refractivity contribution >= 4 is 44.3 Å². The highest BCUT2D eigenvalue weighted by Crippen LogP contribution is 2.39. The predicted octanol–water partition coefficient (Wildman–Crippen LogP) is 3.20. The van der Waals surface area contributed by atoms with E-state index < -0.39 is 9.84 Å². The van der Waals surface area contributed by atoms with Gasteiger partial charge in [-0.05, 0) is 29.3 Å². The maximum atomic E-state index is 12.8. The number of sulfone groups is 1. The highest BCUT2D eigenvalue weighted by atomic mass is 35.5. The second kappa shape index (κ2) is 9.33. The molecule has 2 aromatic carbocycles. The van der Waals surface area contributed by atoms with Crippen molar-refractivity contribution in [3.05, 3.63) is 58.6 Å². The van der Waals surface area contributed by atoms with E-state index in [9.17, 15) is 13.2 Å². The first-order valence-electron chi connectivity index (χ1n) is 9.99. The zero-order valence-corrected chi connectivity index (χ0v) is 20.0. The van der Waals surface area contributed by atoms with E-state index in [0.29, 0.717) is 28.2 Å². The average Bonchev–Trinajstić information content (AvgIpc) is 3.21. The van der Waals surface area contributed by atoms with Crippen LogP contribution in [0.5, 0.6) is 11.5 Å². The van der Waals surface area contributed by atoms with E-state index in [1.54, 1.807) is 31.4 Å². The average molecular weight is 495 g/mol. The molecular formula is C22H23ClN2O5S2. The van der Waals surface area contributed by atoms with Gasteiger partial charge in [-0.1, -0.05) is 47.6 Å². The van der Waals surface area contributed by atoms with Gasteiger partial charge in [-0.25, -0.2) is 8.42 Å². The topological polar surface area (TPSA) is 85.3 Å². The Balaban J connectivity index is 1.57. The van der Waals surface area contributed by atoms with Gasteiger partial charge in [0.25, 0.3) is 5.91 Å². The zero-order chi connectivity index (χ0) is 22.9. The summed E-state index contributed by atoms with van der Waals surface area (Å²) in [6, 6.07) is 12.5. The third-order valence-electron chi connectivity index (χ3n) is 5.50. The summed E-state index contributed by atoms with van der Waals surface area (Å²) in [6.07, 6.45) is 0.0952. The van der Waals surface area contributed by atoms with Gasteiger partial charge < -0.3 is 14.4 Å². The Kier molecular flexibility index (Phi) is 6.69. The fourth-order valence-electron chi connectivity index (χ4n) is 3.94. The summed E-state index contributed by atoms with van der Waals surface area (Å²) in [4.78, 5) is 19.1. The van der Waals surface area contributed by atoms with Gasteiger partial charge in [-0.2, -0.15) is 4.99 Å². The second-order valence-electron chi connectivity index (χ2n) is 7.67. The summed E-state index contributed by atoms with van der Waals surface area (Å²) in [7, 11) is -0.0246. The molecule has 0 unspecified atom stereocenters. The molecule has 0 spiro atoms. The molecule has 2 fully saturated rings. The van der Waals surface area contributed by atoms with Gasteiger partial charge in [0.2, 0.25) is 0 Å². The fourth-order valence-corrected chi connectivity index (χ4v) is 8.11. The first-order valence-corrected chi connectivity index (χ1v) is 13.1. The van der Waals surface area contributed by atoms with E-state index in [1.807, 2.05) is 23.1 Å². The molecule has 32 heavy (non-hydrogen) atoms. The van der Waals surface area contributed by atoms with Gasteiger partial charge in [-0.3, -0.25) is 4.79 Å². The number of aliphatic imine (C=N–C) groups is 1. The number of amides is 1. The number of hydrogen-bond donors (Lipinski definition) is 0. The van der Waals surface area contributed by atoms with Crippen LogP contribution in [-0.4, -0.2) is 61.4 Å². The lowest BCUT2D eigenvalue weighted by molar-refractivity contribution is -0.117. The van der Waals surface area contributed by atoms with Crippen molar-refractivity contribution in [1.82, 2.24) is 4.90 Å². The van der Waals surface area contributed by atoms with E-state index >= 15 is 0 Å². The highest BCUT2D eigenvalue weighted by molar-refractivity contribution is 8.15. The van der Waals surface area contributed by atoms with Crippen molar-refractivity contribution in [2.45, 2.75) is 24.3 Å². The van der Waals surface area contributed by atoms with E-state index in [4.69, 9.17) is 21.1 Å². The number of fused-ring (bicyclic) bond motifs is 1. The Hall–Kier alpha value is -2.23. The van der Waals surface area contributed by atoms with E-state index in [-0.39, 0.29) is 35.1 Å². The monoisotopic (exact) mass is 494 g/mol. The summed E-state index contributed by atoms with van der Waals surface area (Å²) in [5, 5.41) is 0.994. The number of halogens is 1. The molecule has 1 amide bonds. The Bertz CT molecular complexity index is 1170. The van der Waals surface area contributed by atoms with Crippen LogP contribution in [0.15, 0.2) is 47.5 Å². The number of thioether (sulfide) groups is 1. The van der Waals surface area contributed by atoms with Crippen molar-refractivity contribution in [2.75, 3.05) is 25.7 Å². The number of hydrogen-bond acceptors (Lipinski definition) is 6. The number of carbonyl (C=O) groups is 1. The quantitative estimate of drug-likeness (QED) is 0.609. The van der Waals surface area contributed by atoms with Crippen molar-refractivity contribution < 1.29 is 22.7 Å². The SMILES string of the molecule is COc1ccc(CC(=O)N=C2S[C@H]3CS(=O)(=O)C[C@@H]3N2Cc2ccccc2Cl)cc1OC. The number of nitrogens with zero attached hydrogens (tertiary/aromatic N) is 2. The van der Waals surface area contributed by atoms with Crippen LogP contribution in [0.3, 0.4) is 0 Å². The predicted molar refractivity (Wildman–Crippen MR) is 127 cm³/mol. The van der Waals surface area contributed by atoms with Crippen molar-refractivity contribution in [3.8, 4) is 11.5 Å². The van der Waals surface area contributed by atoms with Crippen molar-refractivity contribution in [2.24, 2.45) is 4.99 Å². The molecule has 0 bridgehead atoms. The zero-order valence-electron chi connectivity index (χ0n) is 17.7. The van der Waals surface area contributed by atoms with Gasteiger partial charge in [0.1, 0.15) is 0 Å². The molecule has 4 rings (SSSR count). The van der Waals surface area contributed by atoms with E-state index in [0.717, 1.165) is 11.1 Å². The van der Waals surface area contributed by atoms with Crippen LogP contribution in [0.25, 0.3) is 0 Å². The van der Waals surface area contributed by atoms with Gasteiger partial charge >= 0.3 is 0 Å². The molecule has 0 radical (unpaired) electrons. The molecule has 2 aliphatic heterocycles. The Morgan fingerprint density at radius 2 is 1.91 bits per heavy atom. The molecule has 0 N–H and O–H groups in total. The number of benzene rings is 2. The number of rotatable bonds is 6. The molecule has 7 nitrogen and oxygen atoms in total. The van der Waals surface area contributed by atoms with Crippen LogP contribution in [0.2, 0.25) is 5.02 Å². The third kappa shape index (κ3) is 4.89. The number of amidine groups is 1. The van der Waals surface area contributed by atoms with Gasteiger partial charge in [-0.15, -0.1) is 0 Å². The molecule has 0 aromatic heterocycles. The van der Waals surface area contributed by atoms with E-state index in [1.165, 1.54) is 18.9 Å². The van der Waals surface area contributed by atoms with Crippen LogP contribution in [0.4, 0.5) is 0 Å². The minimum Gasteiger partial charge on any atom is -0.493 e. The van der Waals surface area contributed by atoms with Crippen molar-refractivity contribution in [1.29, 1.82) is 0 Å². The lowest BCUT2D eigenvalue weighted by atomic mass is 10.1. The molecule has 0 saturated carbocycles. The summed E-state index contributed by atoms with van der Waals surface area (Å²) < 4.78 is 34.9. The Morgan fingerprint density at radius 1 is 1.16 bits per heavy atom. The summed E-state index contributed by atoms with van der Waals surface area (Å²) in [5.41, 5.74) is 1.61. The maximum absolute atomic E-state index is 12.8. The molecule has 170 valence electrons. The molecular weight excluding hydrogens is 472 g/mol. The van der Waals surface area contributed by atoms with Crippen LogP contribution in [0, 0.1) is 0 Å². The molecule has 2 aliphatic rings. The van der Waals surface area contributed by atoms with Gasteiger partial charge in [0.15, 0.2) is 26.5 Å². The molecule has 2 atom stereocenters. The summed E-state index contributed by atoms with van der Waals surface area (Å²) in [6.45, 7) is 0.395. The lowest BCUT2D eigenvalue weighted by Gasteiger charge is -2.25. The number of methoxy groups -OCH3 is 2. The van der Waals surface area contributed by atoms with Crippen molar-refractivity contribution in [3.63, 3.8) is 0 Å². The van der Waals surface area contributed by atoms with Crippen LogP contribution < -0.4 is 9.47 Å². The fraction of sp³-hybridized carbons (Fsp3) is 0.364. The Morgan fingerprint density at radius 3 is 2.62 bits per heavy atom. The largest absolute Gasteiger partial charge is 0.493 e. The molecule has 2 aromatic rings. The van der Waals surface area contributed by atoms with Crippen LogP contribution >= 0.6 is 23.4 Å². The normalized spacial score (nSPS) is 22.7. The van der Waals surface area contributed by atoms with Crippen LogP contribution in [-0.2, 0) is 27.6 Å². The number of carbonyl (C=O) groups excluding carboxylic acids is 1. The van der Waals surface area contributed by atoms with Crippen LogP contribution in [0.1, 0.15) is 11.1 Å². The first-order chi connectivity index (χ1) is 15.3. The summed E-state index contributed by atoms with van der Waals surface area (Å²) in [5.74, 6) is 0.955. The first kappa shape index (κ1) is 22.9. The van der Waals surface area contributed by atoms with Gasteiger partial charge in [0.05, 0.1) is 38.2 Å². The highest BCUT2D eigenvalue weighted by Gasteiger charge is 2.48. The molecule has 2 saturated heterocycles. The van der Waals surface area contributed by atoms with Gasteiger partial charge in [0, 0.05) is 16.8 Å². The molecule has 10 heteroatoms. The minimum atomic E-state index is -3.12. The minimum absolute atomic E-state index is 0.0536.